The summed E-state index contributed by atoms with van der Waals surface area (Å²) in [7, 11) is -1.63. The molecular formula is C19H23N8O7P. The van der Waals surface area contributed by atoms with Gasteiger partial charge >= 0.3 is 11.7 Å². The Kier molecular flexibility index (Phi) is 7.58. The number of ether oxygens (including phenoxy) is 2. The summed E-state index contributed by atoms with van der Waals surface area (Å²) in [5, 5.41) is 15.5. The van der Waals surface area contributed by atoms with Crippen molar-refractivity contribution in [1.82, 2.24) is 39.1 Å². The minimum atomic E-state index is -1.63. The first-order valence-corrected chi connectivity index (χ1v) is 11.8. The summed E-state index contributed by atoms with van der Waals surface area (Å²) < 4.78 is 21.9. The van der Waals surface area contributed by atoms with Crippen molar-refractivity contribution in [2.45, 2.75) is 51.5 Å². The van der Waals surface area contributed by atoms with Gasteiger partial charge in [0.15, 0.2) is 0 Å². The third-order valence-corrected chi connectivity index (χ3v) is 6.63. The van der Waals surface area contributed by atoms with E-state index in [9.17, 15) is 19.2 Å². The third-order valence-electron chi connectivity index (χ3n) is 5.13. The molecule has 0 bridgehead atoms. The van der Waals surface area contributed by atoms with Gasteiger partial charge in [0.25, 0.3) is 14.0 Å². The van der Waals surface area contributed by atoms with Crippen molar-refractivity contribution < 1.29 is 23.6 Å². The Balaban J connectivity index is 1.53. The van der Waals surface area contributed by atoms with Gasteiger partial charge in [-0.05, 0) is 13.8 Å². The third kappa shape index (κ3) is 5.93. The van der Waals surface area contributed by atoms with Gasteiger partial charge in [-0.25, -0.2) is 4.79 Å². The number of aromatic amines is 1. The molecular weight excluding hydrogens is 483 g/mol. The van der Waals surface area contributed by atoms with Crippen LogP contribution >= 0.6 is 8.45 Å². The van der Waals surface area contributed by atoms with Gasteiger partial charge in [0.1, 0.15) is 24.2 Å². The molecule has 0 saturated carbocycles. The van der Waals surface area contributed by atoms with E-state index in [-0.39, 0.29) is 31.7 Å². The summed E-state index contributed by atoms with van der Waals surface area (Å²) in [4.78, 5) is 50.0. The Labute approximate surface area is 198 Å². The molecule has 0 radical (unpaired) electrons. The van der Waals surface area contributed by atoms with E-state index in [2.05, 4.69) is 25.6 Å². The van der Waals surface area contributed by atoms with Crippen molar-refractivity contribution in [2.75, 3.05) is 6.61 Å². The van der Waals surface area contributed by atoms with E-state index in [0.29, 0.717) is 5.56 Å². The van der Waals surface area contributed by atoms with Crippen molar-refractivity contribution in [3.8, 4) is 0 Å². The molecule has 1 fully saturated rings. The summed E-state index contributed by atoms with van der Waals surface area (Å²) >= 11 is 0. The lowest BCUT2D eigenvalue weighted by Gasteiger charge is -2.22. The van der Waals surface area contributed by atoms with Crippen LogP contribution in [0.15, 0.2) is 40.6 Å². The molecule has 186 valence electrons. The number of nitrogens with zero attached hydrogens (tertiary/aromatic N) is 7. The number of carbonyl (C=O) groups excluding carboxylic acids is 2. The normalized spacial score (nSPS) is 19.8. The maximum absolute atomic E-state index is 12.4. The molecule has 0 unspecified atom stereocenters. The Morgan fingerprint density at radius 3 is 2.46 bits per heavy atom. The summed E-state index contributed by atoms with van der Waals surface area (Å²) in [5.74, 6) is -0.705. The number of ketones is 1. The Morgan fingerprint density at radius 2 is 1.86 bits per heavy atom. The van der Waals surface area contributed by atoms with Crippen LogP contribution in [0.1, 0.15) is 38.0 Å². The fourth-order valence-corrected chi connectivity index (χ4v) is 4.67. The summed E-state index contributed by atoms with van der Waals surface area (Å²) in [5.41, 5.74) is -0.826. The average Bonchev–Trinajstić information content (AvgIpc) is 3.58. The van der Waals surface area contributed by atoms with Crippen LogP contribution in [0.3, 0.4) is 0 Å². The lowest BCUT2D eigenvalue weighted by molar-refractivity contribution is -0.153. The SMILES string of the molecule is CC(=O)CCC(=O)O[C@H]1C[C@H](n2cc(C)c(=O)[nH]c2=O)O[C@@H]1COP(n1ccnn1)n1ccnn1. The van der Waals surface area contributed by atoms with Crippen molar-refractivity contribution in [3.05, 3.63) is 57.4 Å². The number of nitrogens with one attached hydrogen (secondary N) is 1. The summed E-state index contributed by atoms with van der Waals surface area (Å²) in [6, 6.07) is 0. The fourth-order valence-electron chi connectivity index (χ4n) is 3.39. The van der Waals surface area contributed by atoms with Gasteiger partial charge in [0.2, 0.25) is 0 Å². The number of H-pyrrole nitrogens is 1. The van der Waals surface area contributed by atoms with Crippen LogP contribution in [0, 0.1) is 6.92 Å². The second kappa shape index (κ2) is 10.8. The lowest BCUT2D eigenvalue weighted by atomic mass is 10.1. The number of Topliss-reactive ketones (excluding diaryl/α,β-unsaturated/α-hetero) is 1. The molecule has 3 atom stereocenters. The zero-order valence-electron chi connectivity index (χ0n) is 18.9. The van der Waals surface area contributed by atoms with E-state index in [1.54, 1.807) is 19.3 Å². The van der Waals surface area contributed by atoms with Crippen LogP contribution in [0.25, 0.3) is 0 Å². The highest BCUT2D eigenvalue weighted by molar-refractivity contribution is 7.48. The number of rotatable bonds is 10. The molecule has 4 heterocycles. The van der Waals surface area contributed by atoms with E-state index >= 15 is 0 Å². The molecule has 35 heavy (non-hydrogen) atoms. The monoisotopic (exact) mass is 506 g/mol. The summed E-state index contributed by atoms with van der Waals surface area (Å²) in [6.07, 6.45) is 5.33. The zero-order chi connectivity index (χ0) is 24.9. The van der Waals surface area contributed by atoms with Crippen LogP contribution in [0.4, 0.5) is 0 Å². The zero-order valence-corrected chi connectivity index (χ0v) is 19.8. The molecule has 0 aliphatic carbocycles. The summed E-state index contributed by atoms with van der Waals surface area (Å²) in [6.45, 7) is 2.90. The minimum Gasteiger partial charge on any atom is -0.459 e. The quantitative estimate of drug-likeness (QED) is 0.288. The first kappa shape index (κ1) is 24.6. The van der Waals surface area contributed by atoms with E-state index in [4.69, 9.17) is 14.0 Å². The highest BCUT2D eigenvalue weighted by atomic mass is 31.2. The predicted octanol–water partition coefficient (Wildman–Crippen LogP) is -0.0634. The number of carbonyl (C=O) groups is 2. The second-order valence-corrected chi connectivity index (χ2v) is 9.35. The molecule has 0 amide bonds. The number of esters is 1. The topological polar surface area (TPSA) is 178 Å². The maximum atomic E-state index is 12.4. The van der Waals surface area contributed by atoms with Crippen LogP contribution in [-0.2, 0) is 23.6 Å². The molecule has 3 aromatic rings. The molecule has 1 aliphatic rings. The fraction of sp³-hybridized carbons (Fsp3) is 0.474. The Hall–Kier alpha value is -3.55. The Bertz CT molecular complexity index is 1240. The standard InChI is InChI=1S/C19H23N8O7P/c1-12-10-25(19(31)22-18(12)30)16-9-14(34-17(29)4-3-13(2)28)15(33-16)11-32-35(26-7-5-20-23-26)27-8-6-21-24-27/h5-8,10,14-16H,3-4,9,11H2,1-2H3,(H,22,30,31)/t14-,15+,16+/m0/s1. The molecule has 3 aromatic heterocycles. The van der Waals surface area contributed by atoms with Crippen molar-refractivity contribution >= 4 is 20.2 Å². The van der Waals surface area contributed by atoms with Crippen molar-refractivity contribution in [1.29, 1.82) is 0 Å². The van der Waals surface area contributed by atoms with Gasteiger partial charge in [-0.15, -0.1) is 10.2 Å². The lowest BCUT2D eigenvalue weighted by Crippen LogP contribution is -2.33. The van der Waals surface area contributed by atoms with Gasteiger partial charge in [-0.1, -0.05) is 10.4 Å². The number of aromatic nitrogens is 8. The first-order chi connectivity index (χ1) is 16.8. The van der Waals surface area contributed by atoms with Gasteiger partial charge in [-0.2, -0.15) is 8.90 Å². The molecule has 0 spiro atoms. The van der Waals surface area contributed by atoms with Crippen molar-refractivity contribution in [3.63, 3.8) is 0 Å². The van der Waals surface area contributed by atoms with E-state index in [0.717, 1.165) is 0 Å². The molecule has 1 saturated heterocycles. The van der Waals surface area contributed by atoms with Gasteiger partial charge in [0, 0.05) is 24.6 Å². The first-order valence-electron chi connectivity index (χ1n) is 10.6. The van der Waals surface area contributed by atoms with Crippen LogP contribution < -0.4 is 11.2 Å². The molecule has 1 N–H and O–H groups in total. The van der Waals surface area contributed by atoms with E-state index < -0.39 is 44.1 Å². The predicted molar refractivity (Wildman–Crippen MR) is 118 cm³/mol. The molecule has 4 rings (SSSR count). The minimum absolute atomic E-state index is 0.0519. The van der Waals surface area contributed by atoms with Crippen molar-refractivity contribution in [2.24, 2.45) is 0 Å². The van der Waals surface area contributed by atoms with Crippen LogP contribution in [0.2, 0.25) is 0 Å². The molecule has 1 aliphatic heterocycles. The maximum Gasteiger partial charge on any atom is 0.330 e. The number of hydrogen-bond acceptors (Lipinski definition) is 11. The molecule has 16 heteroatoms. The van der Waals surface area contributed by atoms with E-state index in [1.807, 2.05) is 0 Å². The number of hydrogen-bond donors (Lipinski definition) is 1. The highest BCUT2D eigenvalue weighted by Gasteiger charge is 2.40. The van der Waals surface area contributed by atoms with Gasteiger partial charge in [0.05, 0.1) is 37.8 Å². The largest absolute Gasteiger partial charge is 0.459 e. The van der Waals surface area contributed by atoms with Crippen LogP contribution in [0.5, 0.6) is 0 Å². The highest BCUT2D eigenvalue weighted by Crippen LogP contribution is 2.40. The van der Waals surface area contributed by atoms with Gasteiger partial charge in [-0.3, -0.25) is 19.1 Å². The molecule has 0 aromatic carbocycles. The average molecular weight is 506 g/mol. The molecule has 15 nitrogen and oxygen atoms in total. The number of aryl methyl sites for hydroxylation is 1. The van der Waals surface area contributed by atoms with Gasteiger partial charge < -0.3 is 18.8 Å². The van der Waals surface area contributed by atoms with E-state index in [1.165, 1.54) is 39.0 Å². The smallest absolute Gasteiger partial charge is 0.330 e. The second-order valence-electron chi connectivity index (χ2n) is 7.77. The van der Waals surface area contributed by atoms with Crippen LogP contribution in [-0.4, -0.2) is 69.6 Å². The Morgan fingerprint density at radius 1 is 1.17 bits per heavy atom.